The van der Waals surface area contributed by atoms with Gasteiger partial charge in [-0.2, -0.15) is 0 Å². The fourth-order valence-electron chi connectivity index (χ4n) is 3.79. The van der Waals surface area contributed by atoms with Gasteiger partial charge in [0.05, 0.1) is 23.6 Å². The van der Waals surface area contributed by atoms with E-state index in [9.17, 15) is 9.59 Å². The van der Waals surface area contributed by atoms with Crippen LogP contribution in [0.2, 0.25) is 10.0 Å². The first-order chi connectivity index (χ1) is 15.5. The molecule has 0 radical (unpaired) electrons. The summed E-state index contributed by atoms with van der Waals surface area (Å²) in [6.45, 7) is 0.0544. The van der Waals surface area contributed by atoms with Crippen LogP contribution in [0.25, 0.3) is 5.65 Å². The van der Waals surface area contributed by atoms with Gasteiger partial charge in [-0.3, -0.25) is 19.0 Å². The van der Waals surface area contributed by atoms with Crippen molar-refractivity contribution in [2.75, 3.05) is 11.4 Å². The van der Waals surface area contributed by atoms with Crippen LogP contribution in [0.4, 0.5) is 5.69 Å². The summed E-state index contributed by atoms with van der Waals surface area (Å²) in [5.41, 5.74) is 3.42. The van der Waals surface area contributed by atoms with Gasteiger partial charge in [0.2, 0.25) is 5.91 Å². The van der Waals surface area contributed by atoms with Crippen LogP contribution in [0.15, 0.2) is 82.7 Å². The highest BCUT2D eigenvalue weighted by Crippen LogP contribution is 2.32. The molecule has 0 spiro atoms. The van der Waals surface area contributed by atoms with Crippen LogP contribution >= 0.6 is 23.2 Å². The molecular formula is C24H16Cl2N4O2. The zero-order chi connectivity index (χ0) is 22.2. The smallest absolute Gasteiger partial charge is 0.258 e. The van der Waals surface area contributed by atoms with Gasteiger partial charge in [-0.05, 0) is 36.4 Å². The molecule has 1 amide bonds. The molecule has 158 valence electrons. The standard InChI is InChI=1S/C24H16Cl2N4O2/c25-15-8-9-20-18(11-15)24(17-5-1-2-6-19(17)26)27-13-23(32)30(20)14-16-12-22(31)29-10-4-3-7-21(29)28-16/h1-12H,13-14H2. The predicted molar refractivity (Wildman–Crippen MR) is 126 cm³/mol. The number of carbonyl (C=O) groups excluding carboxylic acids is 1. The maximum absolute atomic E-state index is 13.1. The second-order valence-corrected chi connectivity index (χ2v) is 8.14. The number of aliphatic imine (C=N–C) groups is 1. The molecule has 1 aliphatic rings. The van der Waals surface area contributed by atoms with E-state index in [0.29, 0.717) is 38.3 Å². The number of benzodiazepines with no additional fused rings is 1. The van der Waals surface area contributed by atoms with Gasteiger partial charge >= 0.3 is 0 Å². The molecule has 8 heteroatoms. The summed E-state index contributed by atoms with van der Waals surface area (Å²) in [5.74, 6) is -0.217. The average molecular weight is 463 g/mol. The summed E-state index contributed by atoms with van der Waals surface area (Å²) in [7, 11) is 0. The Morgan fingerprint density at radius 3 is 2.56 bits per heavy atom. The van der Waals surface area contributed by atoms with E-state index >= 15 is 0 Å². The molecule has 0 bridgehead atoms. The number of carbonyl (C=O) groups is 1. The number of hydrogen-bond donors (Lipinski definition) is 0. The van der Waals surface area contributed by atoms with Gasteiger partial charge < -0.3 is 4.90 Å². The third-order valence-electron chi connectivity index (χ3n) is 5.25. The highest BCUT2D eigenvalue weighted by Gasteiger charge is 2.27. The van der Waals surface area contributed by atoms with E-state index in [1.165, 1.54) is 10.5 Å². The molecule has 2 aromatic carbocycles. The van der Waals surface area contributed by atoms with Crippen molar-refractivity contribution < 1.29 is 4.79 Å². The molecule has 0 aliphatic carbocycles. The van der Waals surface area contributed by atoms with E-state index in [-0.39, 0.29) is 24.6 Å². The lowest BCUT2D eigenvalue weighted by atomic mass is 10.00. The number of fused-ring (bicyclic) bond motifs is 2. The first-order valence-electron chi connectivity index (χ1n) is 9.88. The summed E-state index contributed by atoms with van der Waals surface area (Å²) in [4.78, 5) is 36.4. The molecule has 0 atom stereocenters. The summed E-state index contributed by atoms with van der Waals surface area (Å²) in [6.07, 6.45) is 1.66. The van der Waals surface area contributed by atoms with Crippen molar-refractivity contribution in [2.45, 2.75) is 6.54 Å². The maximum Gasteiger partial charge on any atom is 0.258 e. The van der Waals surface area contributed by atoms with Crippen molar-refractivity contribution in [1.82, 2.24) is 9.38 Å². The van der Waals surface area contributed by atoms with E-state index in [4.69, 9.17) is 23.2 Å². The van der Waals surface area contributed by atoms with Gasteiger partial charge in [0.25, 0.3) is 5.56 Å². The number of pyridine rings is 1. The van der Waals surface area contributed by atoms with E-state index in [1.54, 1.807) is 47.5 Å². The second kappa shape index (κ2) is 8.22. The largest absolute Gasteiger partial charge is 0.304 e. The summed E-state index contributed by atoms with van der Waals surface area (Å²) >= 11 is 12.7. The van der Waals surface area contributed by atoms with E-state index in [2.05, 4.69) is 9.98 Å². The molecule has 0 saturated carbocycles. The van der Waals surface area contributed by atoms with Crippen LogP contribution in [-0.2, 0) is 11.3 Å². The van der Waals surface area contributed by atoms with Crippen LogP contribution in [0.3, 0.4) is 0 Å². The number of nitrogens with zero attached hydrogens (tertiary/aromatic N) is 4. The third kappa shape index (κ3) is 3.68. The number of hydrogen-bond acceptors (Lipinski definition) is 4. The second-order valence-electron chi connectivity index (χ2n) is 7.30. The van der Waals surface area contributed by atoms with Crippen molar-refractivity contribution in [3.05, 3.63) is 110 Å². The quantitative estimate of drug-likeness (QED) is 0.453. The number of amides is 1. The molecule has 1 aliphatic heterocycles. The molecule has 0 N–H and O–H groups in total. The van der Waals surface area contributed by atoms with Crippen LogP contribution < -0.4 is 10.5 Å². The van der Waals surface area contributed by atoms with Crippen molar-refractivity contribution in [1.29, 1.82) is 0 Å². The maximum atomic E-state index is 13.1. The Kier molecular flexibility index (Phi) is 5.25. The molecule has 0 fully saturated rings. The van der Waals surface area contributed by atoms with Gasteiger partial charge in [-0.25, -0.2) is 4.98 Å². The molecule has 32 heavy (non-hydrogen) atoms. The molecule has 5 rings (SSSR count). The van der Waals surface area contributed by atoms with Gasteiger partial charge in [0.1, 0.15) is 12.2 Å². The Balaban J connectivity index is 1.63. The van der Waals surface area contributed by atoms with E-state index in [0.717, 1.165) is 5.56 Å². The zero-order valence-corrected chi connectivity index (χ0v) is 18.2. The highest BCUT2D eigenvalue weighted by molar-refractivity contribution is 6.37. The van der Waals surface area contributed by atoms with Crippen LogP contribution in [0, 0.1) is 0 Å². The lowest BCUT2D eigenvalue weighted by Crippen LogP contribution is -2.33. The van der Waals surface area contributed by atoms with Gasteiger partial charge in [-0.15, -0.1) is 0 Å². The monoisotopic (exact) mass is 462 g/mol. The van der Waals surface area contributed by atoms with Gasteiger partial charge in [0, 0.05) is 33.4 Å². The summed E-state index contributed by atoms with van der Waals surface area (Å²) in [5, 5.41) is 1.04. The first-order valence-corrected chi connectivity index (χ1v) is 10.6. The number of benzene rings is 2. The van der Waals surface area contributed by atoms with Crippen molar-refractivity contribution in [3.63, 3.8) is 0 Å². The molecule has 3 heterocycles. The number of rotatable bonds is 3. The average Bonchev–Trinajstić information content (AvgIpc) is 2.91. The van der Waals surface area contributed by atoms with Crippen molar-refractivity contribution >= 4 is 46.2 Å². The Hall–Kier alpha value is -3.48. The molecule has 2 aromatic heterocycles. The fourth-order valence-corrected chi connectivity index (χ4v) is 4.19. The molecule has 0 unspecified atom stereocenters. The lowest BCUT2D eigenvalue weighted by Gasteiger charge is -2.23. The molecule has 6 nitrogen and oxygen atoms in total. The number of anilines is 1. The van der Waals surface area contributed by atoms with Crippen LogP contribution in [0.1, 0.15) is 16.8 Å². The zero-order valence-electron chi connectivity index (χ0n) is 16.7. The Morgan fingerprint density at radius 2 is 1.72 bits per heavy atom. The minimum atomic E-state index is -0.217. The van der Waals surface area contributed by atoms with Crippen molar-refractivity contribution in [2.24, 2.45) is 4.99 Å². The summed E-state index contributed by atoms with van der Waals surface area (Å²) in [6, 6.07) is 19.4. The SMILES string of the molecule is O=C1CN=C(c2ccccc2Cl)c2cc(Cl)ccc2N1Cc1cc(=O)n2ccccc2n1. The van der Waals surface area contributed by atoms with Crippen molar-refractivity contribution in [3.8, 4) is 0 Å². The van der Waals surface area contributed by atoms with E-state index < -0.39 is 0 Å². The normalized spacial score (nSPS) is 13.6. The van der Waals surface area contributed by atoms with Gasteiger partial charge in [0.15, 0.2) is 0 Å². The summed E-state index contributed by atoms with van der Waals surface area (Å²) < 4.78 is 1.46. The third-order valence-corrected chi connectivity index (χ3v) is 5.82. The Bertz CT molecular complexity index is 1460. The first kappa shape index (κ1) is 20.4. The topological polar surface area (TPSA) is 67.0 Å². The predicted octanol–water partition coefficient (Wildman–Crippen LogP) is 4.39. The Labute approximate surface area is 193 Å². The lowest BCUT2D eigenvalue weighted by molar-refractivity contribution is -0.117. The highest BCUT2D eigenvalue weighted by atomic mass is 35.5. The minimum Gasteiger partial charge on any atom is -0.304 e. The number of halogens is 2. The van der Waals surface area contributed by atoms with E-state index in [1.807, 2.05) is 24.3 Å². The minimum absolute atomic E-state index is 0.0700. The molecule has 0 saturated heterocycles. The van der Waals surface area contributed by atoms with Gasteiger partial charge in [-0.1, -0.05) is 47.5 Å². The fraction of sp³-hybridized carbons (Fsp3) is 0.0833. The Morgan fingerprint density at radius 1 is 0.906 bits per heavy atom. The van der Waals surface area contributed by atoms with Crippen LogP contribution in [0.5, 0.6) is 0 Å². The van der Waals surface area contributed by atoms with Crippen LogP contribution in [-0.4, -0.2) is 27.5 Å². The molecule has 4 aromatic rings. The molecular weight excluding hydrogens is 447 g/mol. The number of aromatic nitrogens is 2.